The highest BCUT2D eigenvalue weighted by Gasteiger charge is 2.53. The lowest BCUT2D eigenvalue weighted by Crippen LogP contribution is -2.46. The lowest BCUT2D eigenvalue weighted by Gasteiger charge is -2.39. The van der Waals surface area contributed by atoms with Crippen LogP contribution in [0, 0.1) is 5.92 Å². The Morgan fingerprint density at radius 3 is 2.12 bits per heavy atom. The maximum absolute atomic E-state index is 14.6. The van der Waals surface area contributed by atoms with E-state index < -0.39 is 19.3 Å². The Bertz CT molecular complexity index is 1100. The number of hydrogen-bond acceptors (Lipinski definition) is 6. The van der Waals surface area contributed by atoms with Gasteiger partial charge in [-0.25, -0.2) is 4.57 Å². The zero-order valence-corrected chi connectivity index (χ0v) is 19.1. The molecule has 6 nitrogen and oxygen atoms in total. The molecular weight excluding hydrogens is 435 g/mol. The van der Waals surface area contributed by atoms with Gasteiger partial charge in [-0.3, -0.25) is 10.2 Å². The molecule has 2 aliphatic heterocycles. The van der Waals surface area contributed by atoms with E-state index in [4.69, 9.17) is 9.05 Å². The van der Waals surface area contributed by atoms with Gasteiger partial charge >= 0.3 is 7.60 Å². The van der Waals surface area contributed by atoms with Gasteiger partial charge in [-0.2, -0.15) is 0 Å². The van der Waals surface area contributed by atoms with Crippen LogP contribution < -0.4 is 14.4 Å². The van der Waals surface area contributed by atoms with Gasteiger partial charge in [-0.05, 0) is 48.2 Å². The van der Waals surface area contributed by atoms with E-state index in [1.165, 1.54) is 5.56 Å². The van der Waals surface area contributed by atoms with E-state index in [1.54, 1.807) is 24.3 Å². The highest BCUT2D eigenvalue weighted by molar-refractivity contribution is 7.55. The predicted octanol–water partition coefficient (Wildman–Crippen LogP) is 5.03. The van der Waals surface area contributed by atoms with Gasteiger partial charge in [0, 0.05) is 19.0 Å². The minimum Gasteiger partial charge on any atom is -0.415 e. The smallest absolute Gasteiger partial charge is 0.415 e. The van der Waals surface area contributed by atoms with Crippen molar-refractivity contribution in [2.45, 2.75) is 24.8 Å². The number of benzene rings is 3. The molecule has 2 heterocycles. The fourth-order valence-corrected chi connectivity index (χ4v) is 7.21. The van der Waals surface area contributed by atoms with Gasteiger partial charge in [0.2, 0.25) is 0 Å². The number of fused-ring (bicyclic) bond motifs is 1. The number of nitrogens with one attached hydrogen (secondary N) is 1. The normalized spacial score (nSPS) is 23.0. The van der Waals surface area contributed by atoms with E-state index in [0.29, 0.717) is 24.5 Å². The highest BCUT2D eigenvalue weighted by atomic mass is 31.2. The van der Waals surface area contributed by atoms with Crippen molar-refractivity contribution in [3.8, 4) is 11.5 Å². The quantitative estimate of drug-likeness (QED) is 0.393. The second-order valence-electron chi connectivity index (χ2n) is 8.39. The molecule has 0 spiro atoms. The van der Waals surface area contributed by atoms with E-state index >= 15 is 0 Å². The van der Waals surface area contributed by atoms with Crippen molar-refractivity contribution in [1.29, 1.82) is 0 Å². The van der Waals surface area contributed by atoms with E-state index in [9.17, 15) is 9.36 Å². The summed E-state index contributed by atoms with van der Waals surface area (Å²) >= 11 is 0. The fraction of sp³-hybridized carbons (Fsp3) is 0.269. The summed E-state index contributed by atoms with van der Waals surface area (Å²) in [6, 6.07) is 26.3. The van der Waals surface area contributed by atoms with Gasteiger partial charge in [-0.15, -0.1) is 0 Å². The number of carbonyl (C=O) groups excluding carboxylic acids is 1. The predicted molar refractivity (Wildman–Crippen MR) is 127 cm³/mol. The summed E-state index contributed by atoms with van der Waals surface area (Å²) in [5.41, 5.74) is 2.41. The van der Waals surface area contributed by atoms with E-state index in [2.05, 4.69) is 22.3 Å². The molecule has 1 N–H and O–H groups in total. The van der Waals surface area contributed by atoms with Crippen molar-refractivity contribution in [3.63, 3.8) is 0 Å². The van der Waals surface area contributed by atoms with Crippen molar-refractivity contribution < 1.29 is 18.4 Å². The van der Waals surface area contributed by atoms with Crippen molar-refractivity contribution in [2.24, 2.45) is 5.92 Å². The first-order chi connectivity index (χ1) is 16.2. The summed E-state index contributed by atoms with van der Waals surface area (Å²) in [5, 5.41) is 3.57. The molecule has 7 heteroatoms. The number of para-hydroxylation sites is 2. The number of likely N-dealkylation sites (tertiary alicyclic amines) is 1. The fourth-order valence-electron chi connectivity index (χ4n) is 4.82. The second kappa shape index (κ2) is 9.52. The average Bonchev–Trinajstić information content (AvgIpc) is 3.30. The van der Waals surface area contributed by atoms with Gasteiger partial charge in [0.25, 0.3) is 0 Å². The largest absolute Gasteiger partial charge is 0.448 e. The molecule has 33 heavy (non-hydrogen) atoms. The molecule has 5 rings (SSSR count). The Morgan fingerprint density at radius 2 is 1.48 bits per heavy atom. The highest BCUT2D eigenvalue weighted by Crippen LogP contribution is 2.59. The Balaban J connectivity index is 1.56. The first kappa shape index (κ1) is 21.9. The Kier molecular flexibility index (Phi) is 6.32. The van der Waals surface area contributed by atoms with Crippen LogP contribution in [-0.4, -0.2) is 30.1 Å². The lowest BCUT2D eigenvalue weighted by molar-refractivity contribution is -0.111. The molecule has 2 aliphatic rings. The Hall–Kier alpha value is -2.92. The molecule has 3 aromatic rings. The molecule has 0 aliphatic carbocycles. The third-order valence-corrected chi connectivity index (χ3v) is 8.57. The van der Waals surface area contributed by atoms with Gasteiger partial charge in [0.05, 0.1) is 6.17 Å². The number of nitrogens with zero attached hydrogens (tertiary/aromatic N) is 1. The molecule has 1 saturated heterocycles. The van der Waals surface area contributed by atoms with Gasteiger partial charge < -0.3 is 13.8 Å². The molecule has 170 valence electrons. The molecular formula is C26H27N2O4P. The molecule has 1 fully saturated rings. The number of aldehydes is 1. The van der Waals surface area contributed by atoms with Crippen LogP contribution in [0.1, 0.15) is 23.7 Å². The molecule has 0 saturated carbocycles. The van der Waals surface area contributed by atoms with E-state index in [-0.39, 0.29) is 6.17 Å². The topological polar surface area (TPSA) is 67.9 Å². The summed E-state index contributed by atoms with van der Waals surface area (Å²) in [7, 11) is -3.86. The van der Waals surface area contributed by atoms with Gasteiger partial charge in [0.15, 0.2) is 0 Å². The third-order valence-electron chi connectivity index (χ3n) is 6.31. The van der Waals surface area contributed by atoms with Crippen LogP contribution >= 0.6 is 7.60 Å². The standard InChI is InChI=1S/C26H27N2O4P/c29-19-21-16-18-28(25-24-14-8-7-9-20(24)15-17-27-25)26(21)33(30,31-22-10-3-1-4-11-22)32-23-12-5-2-6-13-23/h1-14,19,21,25-27H,15-18H2/t21?,25-,26-/m0/s1. The molecule has 3 atom stereocenters. The molecule has 1 unspecified atom stereocenters. The lowest BCUT2D eigenvalue weighted by atomic mass is 9.98. The minimum absolute atomic E-state index is 0.169. The molecule has 3 aromatic carbocycles. The zero-order chi connectivity index (χ0) is 22.7. The van der Waals surface area contributed by atoms with Crippen molar-refractivity contribution >= 4 is 13.9 Å². The summed E-state index contributed by atoms with van der Waals surface area (Å²) < 4.78 is 26.9. The van der Waals surface area contributed by atoms with Crippen molar-refractivity contribution in [1.82, 2.24) is 10.2 Å². The average molecular weight is 462 g/mol. The van der Waals surface area contributed by atoms with Crippen LogP contribution in [0.3, 0.4) is 0 Å². The van der Waals surface area contributed by atoms with Crippen LogP contribution in [0.4, 0.5) is 0 Å². The monoisotopic (exact) mass is 462 g/mol. The van der Waals surface area contributed by atoms with Crippen molar-refractivity contribution in [3.05, 3.63) is 96.1 Å². The van der Waals surface area contributed by atoms with Crippen LogP contribution in [0.15, 0.2) is 84.9 Å². The molecule has 0 bridgehead atoms. The van der Waals surface area contributed by atoms with Crippen LogP contribution in [-0.2, 0) is 15.8 Å². The van der Waals surface area contributed by atoms with Crippen LogP contribution in [0.5, 0.6) is 11.5 Å². The maximum atomic E-state index is 14.6. The first-order valence-corrected chi connectivity index (χ1v) is 12.9. The summed E-state index contributed by atoms with van der Waals surface area (Å²) in [5.74, 6) is -0.297. The summed E-state index contributed by atoms with van der Waals surface area (Å²) in [4.78, 5) is 14.3. The molecule has 0 aromatic heterocycles. The maximum Gasteiger partial charge on any atom is 0.448 e. The van der Waals surface area contributed by atoms with Crippen LogP contribution in [0.25, 0.3) is 0 Å². The summed E-state index contributed by atoms with van der Waals surface area (Å²) in [6.07, 6.45) is 2.25. The first-order valence-electron chi connectivity index (χ1n) is 11.3. The SMILES string of the molecule is O=CC1CCN([C@@H]2NCCc3ccccc32)[C@H]1P(=O)(Oc1ccccc1)Oc1ccccc1. The van der Waals surface area contributed by atoms with Crippen LogP contribution in [0.2, 0.25) is 0 Å². The Morgan fingerprint density at radius 1 is 0.879 bits per heavy atom. The van der Waals surface area contributed by atoms with Gasteiger partial charge in [0.1, 0.15) is 23.6 Å². The van der Waals surface area contributed by atoms with E-state index in [1.807, 2.05) is 48.5 Å². The third kappa shape index (κ3) is 4.47. The number of carbonyl (C=O) groups is 1. The number of hydrogen-bond donors (Lipinski definition) is 1. The van der Waals surface area contributed by atoms with E-state index in [0.717, 1.165) is 24.8 Å². The zero-order valence-electron chi connectivity index (χ0n) is 18.2. The minimum atomic E-state index is -3.86. The Labute approximate surface area is 194 Å². The number of rotatable bonds is 7. The van der Waals surface area contributed by atoms with Gasteiger partial charge in [-0.1, -0.05) is 60.7 Å². The van der Waals surface area contributed by atoms with Crippen molar-refractivity contribution in [2.75, 3.05) is 13.1 Å². The molecule has 0 amide bonds. The second-order valence-corrected chi connectivity index (χ2v) is 10.4. The summed E-state index contributed by atoms with van der Waals surface area (Å²) in [6.45, 7) is 1.42. The molecule has 0 radical (unpaired) electrons.